The van der Waals surface area contributed by atoms with Crippen molar-refractivity contribution in [2.24, 2.45) is 22.7 Å². The van der Waals surface area contributed by atoms with Gasteiger partial charge in [0.2, 0.25) is 0 Å². The molecule has 0 saturated heterocycles. The molecule has 0 aliphatic heterocycles. The zero-order chi connectivity index (χ0) is 16.5. The maximum absolute atomic E-state index is 11.8. The molecule has 2 saturated carbocycles. The van der Waals surface area contributed by atoms with Gasteiger partial charge in [0.05, 0.1) is 0 Å². The molecule has 0 aromatic carbocycles. The number of terminal acetylenes is 1. The second-order valence-corrected chi connectivity index (χ2v) is 8.54. The van der Waals surface area contributed by atoms with Crippen molar-refractivity contribution < 1.29 is 9.90 Å². The lowest BCUT2D eigenvalue weighted by Gasteiger charge is -2.54. The average Bonchev–Trinajstić information content (AvgIpc) is 2.80. The standard InChI is InChI=1S/C21H26O2/c1-4-21(23)12-9-18-16-6-5-14-13-15(22)7-10-19(14,2)17(16)8-11-20(18,21)3/h1,8,13,16,18,23H,5-7,9-12H2,2-3H3/t16-,18-,19-,20-,21+/m1/s1. The Morgan fingerprint density at radius 3 is 2.78 bits per heavy atom. The molecule has 23 heavy (non-hydrogen) atoms. The summed E-state index contributed by atoms with van der Waals surface area (Å²) in [6, 6.07) is 0. The highest BCUT2D eigenvalue weighted by Crippen LogP contribution is 2.65. The van der Waals surface area contributed by atoms with Gasteiger partial charge in [-0.3, -0.25) is 4.79 Å². The van der Waals surface area contributed by atoms with E-state index in [1.807, 2.05) is 6.08 Å². The van der Waals surface area contributed by atoms with E-state index in [4.69, 9.17) is 6.42 Å². The molecule has 0 unspecified atom stereocenters. The summed E-state index contributed by atoms with van der Waals surface area (Å²) in [4.78, 5) is 11.8. The first-order chi connectivity index (χ1) is 10.8. The van der Waals surface area contributed by atoms with Crippen LogP contribution >= 0.6 is 0 Å². The van der Waals surface area contributed by atoms with Gasteiger partial charge in [0, 0.05) is 17.3 Å². The second kappa shape index (κ2) is 4.61. The molecule has 2 nitrogen and oxygen atoms in total. The van der Waals surface area contributed by atoms with Gasteiger partial charge in [-0.15, -0.1) is 6.42 Å². The van der Waals surface area contributed by atoms with Crippen LogP contribution in [0.5, 0.6) is 0 Å². The van der Waals surface area contributed by atoms with Crippen LogP contribution in [0, 0.1) is 35.0 Å². The molecule has 0 aromatic rings. The summed E-state index contributed by atoms with van der Waals surface area (Å²) in [7, 11) is 0. The van der Waals surface area contributed by atoms with Gasteiger partial charge in [-0.2, -0.15) is 0 Å². The Morgan fingerprint density at radius 1 is 1.26 bits per heavy atom. The maximum atomic E-state index is 11.8. The van der Waals surface area contributed by atoms with E-state index in [1.54, 1.807) is 0 Å². The van der Waals surface area contributed by atoms with Crippen LogP contribution in [0.25, 0.3) is 0 Å². The summed E-state index contributed by atoms with van der Waals surface area (Å²) < 4.78 is 0. The van der Waals surface area contributed by atoms with Crippen molar-refractivity contribution in [1.29, 1.82) is 0 Å². The topological polar surface area (TPSA) is 37.3 Å². The highest BCUT2D eigenvalue weighted by atomic mass is 16.3. The summed E-state index contributed by atoms with van der Waals surface area (Å²) in [5, 5.41) is 11.0. The third-order valence-corrected chi connectivity index (χ3v) is 7.73. The molecule has 4 rings (SSSR count). The van der Waals surface area contributed by atoms with E-state index in [9.17, 15) is 9.90 Å². The van der Waals surface area contributed by atoms with Gasteiger partial charge in [-0.1, -0.05) is 37.0 Å². The average molecular weight is 310 g/mol. The van der Waals surface area contributed by atoms with Crippen LogP contribution in [0.4, 0.5) is 0 Å². The Morgan fingerprint density at radius 2 is 2.04 bits per heavy atom. The molecule has 122 valence electrons. The highest BCUT2D eigenvalue weighted by Gasteiger charge is 2.61. The molecule has 5 atom stereocenters. The lowest BCUT2D eigenvalue weighted by molar-refractivity contribution is -0.115. The number of allylic oxidation sites excluding steroid dienone is 4. The summed E-state index contributed by atoms with van der Waals surface area (Å²) in [6.45, 7) is 4.52. The van der Waals surface area contributed by atoms with Crippen molar-refractivity contribution in [3.8, 4) is 12.3 Å². The van der Waals surface area contributed by atoms with Crippen LogP contribution in [0.2, 0.25) is 0 Å². The predicted octanol–water partition coefficient (Wildman–Crippen LogP) is 3.80. The number of ketones is 1. The fraction of sp³-hybridized carbons (Fsp3) is 0.667. The quantitative estimate of drug-likeness (QED) is 0.546. The van der Waals surface area contributed by atoms with Gasteiger partial charge < -0.3 is 5.11 Å². The van der Waals surface area contributed by atoms with E-state index in [-0.39, 0.29) is 10.8 Å². The van der Waals surface area contributed by atoms with E-state index in [1.165, 1.54) is 11.1 Å². The number of hydrogen-bond donors (Lipinski definition) is 1. The van der Waals surface area contributed by atoms with Crippen molar-refractivity contribution in [3.05, 3.63) is 23.3 Å². The van der Waals surface area contributed by atoms with E-state index >= 15 is 0 Å². The third-order valence-electron chi connectivity index (χ3n) is 7.73. The fourth-order valence-corrected chi connectivity index (χ4v) is 6.11. The Bertz CT molecular complexity index is 678. The van der Waals surface area contributed by atoms with Crippen LogP contribution in [-0.4, -0.2) is 16.5 Å². The molecule has 0 heterocycles. The number of aliphatic hydroxyl groups is 1. The Hall–Kier alpha value is -1.33. The van der Waals surface area contributed by atoms with Gasteiger partial charge in [-0.05, 0) is 56.4 Å². The smallest absolute Gasteiger partial charge is 0.155 e. The van der Waals surface area contributed by atoms with Crippen molar-refractivity contribution in [2.75, 3.05) is 0 Å². The van der Waals surface area contributed by atoms with Crippen LogP contribution < -0.4 is 0 Å². The Labute approximate surface area is 139 Å². The lowest BCUT2D eigenvalue weighted by atomic mass is 9.51. The summed E-state index contributed by atoms with van der Waals surface area (Å²) >= 11 is 0. The molecule has 4 aliphatic rings. The van der Waals surface area contributed by atoms with Crippen molar-refractivity contribution >= 4 is 5.78 Å². The highest BCUT2D eigenvalue weighted by molar-refractivity contribution is 5.92. The van der Waals surface area contributed by atoms with E-state index in [0.717, 1.165) is 38.5 Å². The summed E-state index contributed by atoms with van der Waals surface area (Å²) in [5.41, 5.74) is 1.78. The largest absolute Gasteiger partial charge is 0.377 e. The van der Waals surface area contributed by atoms with Gasteiger partial charge >= 0.3 is 0 Å². The third kappa shape index (κ3) is 1.78. The minimum atomic E-state index is -0.959. The zero-order valence-corrected chi connectivity index (χ0v) is 14.2. The normalized spacial score (nSPS) is 48.5. The summed E-state index contributed by atoms with van der Waals surface area (Å²) in [5.74, 6) is 4.00. The van der Waals surface area contributed by atoms with E-state index in [0.29, 0.717) is 24.0 Å². The maximum Gasteiger partial charge on any atom is 0.155 e. The zero-order valence-electron chi connectivity index (χ0n) is 14.2. The first-order valence-electron chi connectivity index (χ1n) is 8.99. The molecule has 4 aliphatic carbocycles. The molecule has 2 heteroatoms. The molecule has 0 aromatic heterocycles. The molecular formula is C21H26O2. The van der Waals surface area contributed by atoms with Crippen molar-refractivity contribution in [2.45, 2.75) is 64.4 Å². The number of fused-ring (bicyclic) bond motifs is 5. The van der Waals surface area contributed by atoms with Gasteiger partial charge in [0.25, 0.3) is 0 Å². The van der Waals surface area contributed by atoms with Crippen LogP contribution in [0.15, 0.2) is 23.3 Å². The van der Waals surface area contributed by atoms with Gasteiger partial charge in [-0.25, -0.2) is 0 Å². The molecule has 0 amide bonds. The number of rotatable bonds is 0. The Kier molecular flexibility index (Phi) is 3.05. The minimum Gasteiger partial charge on any atom is -0.377 e. The molecule has 0 bridgehead atoms. The van der Waals surface area contributed by atoms with Gasteiger partial charge in [0.15, 0.2) is 5.78 Å². The van der Waals surface area contributed by atoms with Crippen LogP contribution in [0.1, 0.15) is 58.8 Å². The number of hydrogen-bond acceptors (Lipinski definition) is 2. The van der Waals surface area contributed by atoms with Gasteiger partial charge in [0.1, 0.15) is 5.60 Å². The molecule has 2 fully saturated rings. The fourth-order valence-electron chi connectivity index (χ4n) is 6.11. The van der Waals surface area contributed by atoms with E-state index in [2.05, 4.69) is 25.8 Å². The first-order valence-corrected chi connectivity index (χ1v) is 8.99. The van der Waals surface area contributed by atoms with Crippen molar-refractivity contribution in [3.63, 3.8) is 0 Å². The van der Waals surface area contributed by atoms with E-state index < -0.39 is 5.60 Å². The first kappa shape index (κ1) is 15.2. The predicted molar refractivity (Wildman–Crippen MR) is 90.5 cm³/mol. The lowest BCUT2D eigenvalue weighted by Crippen LogP contribution is -2.50. The minimum absolute atomic E-state index is 0.0645. The monoisotopic (exact) mass is 310 g/mol. The molecule has 0 spiro atoms. The Balaban J connectivity index is 1.78. The second-order valence-electron chi connectivity index (χ2n) is 8.54. The SMILES string of the molecule is C#C[C@]1(O)CC[C@@H]2[C@@H]3CCC4=CC(=O)CC[C@@]4(C)C3=CC[C@]21C. The van der Waals surface area contributed by atoms with Crippen molar-refractivity contribution in [1.82, 2.24) is 0 Å². The number of carbonyl (C=O) groups is 1. The molecule has 0 radical (unpaired) electrons. The molecular weight excluding hydrogens is 284 g/mol. The molecule has 1 N–H and O–H groups in total. The van der Waals surface area contributed by atoms with Crippen LogP contribution in [0.3, 0.4) is 0 Å². The van der Waals surface area contributed by atoms with Crippen LogP contribution in [-0.2, 0) is 4.79 Å². The summed E-state index contributed by atoms with van der Waals surface area (Å²) in [6.07, 6.45) is 16.3. The number of carbonyl (C=O) groups excluding carboxylic acids is 1.